The van der Waals surface area contributed by atoms with Crippen molar-refractivity contribution >= 4 is 46.3 Å². The third kappa shape index (κ3) is 10.1. The van der Waals surface area contributed by atoms with E-state index in [4.69, 9.17) is 0 Å². The molecule has 2 aliphatic heterocycles. The number of amides is 4. The normalized spacial score (nSPS) is 22.6. The molecule has 264 valence electrons. The Morgan fingerprint density at radius 1 is 0.958 bits per heavy atom. The molecule has 0 spiro atoms. The van der Waals surface area contributed by atoms with Crippen LogP contribution in [0.2, 0.25) is 0 Å². The average Bonchev–Trinajstić information content (AvgIpc) is 3.41. The van der Waals surface area contributed by atoms with Crippen molar-refractivity contribution in [3.63, 3.8) is 0 Å². The third-order valence-electron chi connectivity index (χ3n) is 9.30. The molecule has 2 saturated heterocycles. The van der Waals surface area contributed by atoms with E-state index in [1.54, 1.807) is 34.7 Å². The first-order valence-electron chi connectivity index (χ1n) is 17.4. The molecule has 4 rings (SSSR count). The molecule has 0 aliphatic carbocycles. The van der Waals surface area contributed by atoms with Gasteiger partial charge in [-0.3, -0.25) is 28.8 Å². The summed E-state index contributed by atoms with van der Waals surface area (Å²) in [5, 5.41) is 18.5. The fourth-order valence-electron chi connectivity index (χ4n) is 6.20. The Hall–Kier alpha value is -4.22. The van der Waals surface area contributed by atoms with Gasteiger partial charge in [-0.15, -0.1) is 0 Å². The Morgan fingerprint density at radius 2 is 1.69 bits per heavy atom. The van der Waals surface area contributed by atoms with E-state index < -0.39 is 42.0 Å². The molecular weight excluding hydrogens is 614 g/mol. The molecule has 0 saturated carbocycles. The first-order valence-corrected chi connectivity index (χ1v) is 17.4. The summed E-state index contributed by atoms with van der Waals surface area (Å²) in [5.74, 6) is -2.51. The SMILES string of the molecule is CCC(C)[C@@H]1NC(=O)C(Cc2cn(CC(=O)O)c3ccccc23)NC(=O)[C@H](C)NC(=O)[C@H]2CCCCN2C1=O.CCCCCC(=O)CC. The zero-order valence-electron chi connectivity index (χ0n) is 29.0. The Bertz CT molecular complexity index is 1450. The predicted octanol–water partition coefficient (Wildman–Crippen LogP) is 3.73. The van der Waals surface area contributed by atoms with Crippen LogP contribution >= 0.6 is 0 Å². The molecule has 2 fully saturated rings. The number of rotatable bonds is 11. The number of hydrogen-bond acceptors (Lipinski definition) is 6. The van der Waals surface area contributed by atoms with Gasteiger partial charge in [-0.25, -0.2) is 0 Å². The molecule has 2 unspecified atom stereocenters. The summed E-state index contributed by atoms with van der Waals surface area (Å²) in [5.41, 5.74) is 1.37. The number of nitrogens with one attached hydrogen (secondary N) is 3. The van der Waals surface area contributed by atoms with Gasteiger partial charge in [0, 0.05) is 42.9 Å². The highest BCUT2D eigenvalue weighted by Crippen LogP contribution is 2.24. The zero-order chi connectivity index (χ0) is 35.4. The van der Waals surface area contributed by atoms with Crippen molar-refractivity contribution in [1.29, 1.82) is 0 Å². The number of aliphatic carboxylic acids is 1. The Kier molecular flexibility index (Phi) is 14.6. The van der Waals surface area contributed by atoms with E-state index in [-0.39, 0.29) is 30.7 Å². The number of carbonyl (C=O) groups excluding carboxylic acids is 5. The average molecular weight is 668 g/mol. The number of Topliss-reactive ketones (excluding diaryl/α,β-unsaturated/α-hetero) is 1. The molecule has 12 heteroatoms. The maximum atomic E-state index is 13.8. The molecule has 0 bridgehead atoms. The number of unbranched alkanes of at least 4 members (excludes halogenated alkanes) is 2. The minimum atomic E-state index is -1.06. The Morgan fingerprint density at radius 3 is 2.35 bits per heavy atom. The van der Waals surface area contributed by atoms with Crippen LogP contribution in [-0.4, -0.2) is 80.7 Å². The van der Waals surface area contributed by atoms with Crippen molar-refractivity contribution in [2.24, 2.45) is 5.92 Å². The smallest absolute Gasteiger partial charge is 0.323 e. The van der Waals surface area contributed by atoms with Crippen LogP contribution < -0.4 is 16.0 Å². The van der Waals surface area contributed by atoms with Gasteiger partial charge in [0.05, 0.1) is 0 Å². The van der Waals surface area contributed by atoms with Crippen molar-refractivity contribution in [3.8, 4) is 0 Å². The van der Waals surface area contributed by atoms with Crippen LogP contribution in [0.25, 0.3) is 10.9 Å². The van der Waals surface area contributed by atoms with Crippen molar-refractivity contribution in [2.45, 2.75) is 130 Å². The molecule has 3 heterocycles. The number of hydrogen-bond donors (Lipinski definition) is 4. The lowest BCUT2D eigenvalue weighted by molar-refractivity contribution is -0.147. The number of nitrogens with zero attached hydrogens (tertiary/aromatic N) is 2. The lowest BCUT2D eigenvalue weighted by atomic mass is 9.93. The van der Waals surface area contributed by atoms with E-state index in [0.29, 0.717) is 42.7 Å². The summed E-state index contributed by atoms with van der Waals surface area (Å²) in [6.45, 7) is 9.58. The van der Waals surface area contributed by atoms with Crippen LogP contribution in [0.4, 0.5) is 0 Å². The maximum absolute atomic E-state index is 13.8. The summed E-state index contributed by atoms with van der Waals surface area (Å²) in [7, 11) is 0. The van der Waals surface area contributed by atoms with Gasteiger partial charge in [0.1, 0.15) is 36.5 Å². The molecule has 4 amide bonds. The number of benzene rings is 1. The topological polar surface area (TPSA) is 167 Å². The van der Waals surface area contributed by atoms with Crippen molar-refractivity contribution in [1.82, 2.24) is 25.4 Å². The van der Waals surface area contributed by atoms with Crippen molar-refractivity contribution in [2.75, 3.05) is 6.54 Å². The highest BCUT2D eigenvalue weighted by Gasteiger charge is 2.40. The molecule has 12 nitrogen and oxygen atoms in total. The van der Waals surface area contributed by atoms with Gasteiger partial charge in [0.15, 0.2) is 0 Å². The van der Waals surface area contributed by atoms with Gasteiger partial charge < -0.3 is 30.5 Å². The Labute approximate surface area is 283 Å². The van der Waals surface area contributed by atoms with Crippen LogP contribution in [0.1, 0.15) is 98.0 Å². The first kappa shape index (κ1) is 38.2. The number of para-hydroxylation sites is 1. The highest BCUT2D eigenvalue weighted by molar-refractivity contribution is 5.98. The monoisotopic (exact) mass is 667 g/mol. The minimum absolute atomic E-state index is 0.0686. The third-order valence-corrected chi connectivity index (χ3v) is 9.30. The lowest BCUT2D eigenvalue weighted by Crippen LogP contribution is -2.64. The molecule has 2 aliphatic rings. The fraction of sp³-hybridized carbons (Fsp3) is 0.611. The van der Waals surface area contributed by atoms with Gasteiger partial charge in [-0.1, -0.05) is 65.2 Å². The summed E-state index contributed by atoms with van der Waals surface area (Å²) in [6.07, 6.45) is 9.42. The maximum Gasteiger partial charge on any atom is 0.323 e. The summed E-state index contributed by atoms with van der Waals surface area (Å²) in [4.78, 5) is 77.5. The van der Waals surface area contributed by atoms with Gasteiger partial charge in [-0.2, -0.15) is 0 Å². The predicted molar refractivity (Wildman–Crippen MR) is 183 cm³/mol. The number of ketones is 1. The lowest BCUT2D eigenvalue weighted by Gasteiger charge is -2.39. The molecule has 5 atom stereocenters. The van der Waals surface area contributed by atoms with Crippen LogP contribution in [0.5, 0.6) is 0 Å². The fourth-order valence-corrected chi connectivity index (χ4v) is 6.20. The van der Waals surface area contributed by atoms with E-state index in [0.717, 1.165) is 31.1 Å². The zero-order valence-corrected chi connectivity index (χ0v) is 29.0. The highest BCUT2D eigenvalue weighted by atomic mass is 16.4. The van der Waals surface area contributed by atoms with Crippen molar-refractivity contribution in [3.05, 3.63) is 36.0 Å². The van der Waals surface area contributed by atoms with Gasteiger partial charge >= 0.3 is 5.97 Å². The standard InChI is InChI=1S/C28H37N5O6.C8H16O/c1-4-16(2)24-28(39)33-12-8-7-11-22(33)27(38)29-17(3)25(36)30-20(26(37)31-24)13-18-14-32(15-23(34)35)21-10-6-5-9-19(18)21;1-3-5-6-7-8(9)4-2/h5-6,9-10,14,16-17,20,22,24H,4,7-8,11-13,15H2,1-3H3,(H,29,38)(H,30,36)(H,31,37)(H,34,35);3-7H2,1-2H3/t16?,17-,20?,22+,24-;/m0./s1. The van der Waals surface area contributed by atoms with E-state index in [1.807, 2.05) is 32.9 Å². The molecule has 48 heavy (non-hydrogen) atoms. The van der Waals surface area contributed by atoms with Gasteiger partial charge in [0.2, 0.25) is 23.6 Å². The molecule has 1 aromatic carbocycles. The molecule has 0 radical (unpaired) electrons. The van der Waals surface area contributed by atoms with Crippen LogP contribution in [0, 0.1) is 5.92 Å². The second-order valence-corrected chi connectivity index (χ2v) is 13.0. The number of aromatic nitrogens is 1. The van der Waals surface area contributed by atoms with E-state index in [1.165, 1.54) is 12.8 Å². The van der Waals surface area contributed by atoms with E-state index in [9.17, 15) is 33.9 Å². The summed E-state index contributed by atoms with van der Waals surface area (Å²) < 4.78 is 1.59. The first-order chi connectivity index (χ1) is 22.9. The number of carbonyl (C=O) groups is 6. The minimum Gasteiger partial charge on any atom is -0.480 e. The number of fused-ring (bicyclic) bond motifs is 2. The quantitative estimate of drug-likeness (QED) is 0.265. The summed E-state index contributed by atoms with van der Waals surface area (Å²) in [6, 6.07) is 3.72. The molecule has 4 N–H and O–H groups in total. The number of carboxylic acid groups (broad SMARTS) is 1. The number of carboxylic acids is 1. The largest absolute Gasteiger partial charge is 0.480 e. The van der Waals surface area contributed by atoms with Crippen LogP contribution in [0.3, 0.4) is 0 Å². The molecule has 1 aromatic heterocycles. The molecule has 2 aromatic rings. The summed E-state index contributed by atoms with van der Waals surface area (Å²) >= 11 is 0. The van der Waals surface area contributed by atoms with Crippen molar-refractivity contribution < 1.29 is 33.9 Å². The Balaban J connectivity index is 0.000000609. The van der Waals surface area contributed by atoms with Gasteiger partial charge in [0.25, 0.3) is 0 Å². The second kappa shape index (κ2) is 18.4. The van der Waals surface area contributed by atoms with E-state index >= 15 is 0 Å². The second-order valence-electron chi connectivity index (χ2n) is 13.0. The number of piperidine rings is 1. The van der Waals surface area contributed by atoms with E-state index in [2.05, 4.69) is 22.9 Å². The molecular formula is C36H53N5O7. The van der Waals surface area contributed by atoms with Gasteiger partial charge in [-0.05, 0) is 50.2 Å². The van der Waals surface area contributed by atoms with Crippen LogP contribution in [-0.2, 0) is 41.7 Å². The van der Waals surface area contributed by atoms with Crippen LogP contribution in [0.15, 0.2) is 30.5 Å².